The van der Waals surface area contributed by atoms with Gasteiger partial charge >= 0.3 is 12.1 Å². The summed E-state index contributed by atoms with van der Waals surface area (Å²) in [7, 11) is 0. The number of nitrogens with one attached hydrogen (secondary N) is 2. The molecule has 0 radical (unpaired) electrons. The van der Waals surface area contributed by atoms with Crippen molar-refractivity contribution in [3.8, 4) is 0 Å². The lowest BCUT2D eigenvalue weighted by Gasteiger charge is -2.29. The van der Waals surface area contributed by atoms with Gasteiger partial charge in [-0.25, -0.2) is 4.79 Å². The molecule has 1 saturated carbocycles. The molecule has 0 spiro atoms. The molecule has 3 N–H and O–H groups in total. The SMILES string of the molecule is CC(C)(C)C1CCCC(NC(=O)c2cnn(C3CCCNC3)c2)CC1.O=C(O)C(F)(F)F. The lowest BCUT2D eigenvalue weighted by atomic mass is 9.76. The zero-order valence-electron chi connectivity index (χ0n) is 19.0. The molecule has 2 fully saturated rings. The Kier molecular flexibility index (Phi) is 9.12. The number of nitrogens with zero attached hydrogens (tertiary/aromatic N) is 2. The number of carbonyl (C=O) groups excluding carboxylic acids is 1. The van der Waals surface area contributed by atoms with E-state index in [9.17, 15) is 18.0 Å². The van der Waals surface area contributed by atoms with Gasteiger partial charge in [-0.1, -0.05) is 27.2 Å². The number of carboxylic acids is 1. The van der Waals surface area contributed by atoms with Crippen LogP contribution in [-0.4, -0.2) is 52.1 Å². The summed E-state index contributed by atoms with van der Waals surface area (Å²) in [4.78, 5) is 21.5. The standard InChI is InChI=1S/C20H34N4O.C2HF3O2/c1-20(2,3)16-6-4-7-17(10-9-16)23-19(25)15-12-22-24(14-15)18-8-5-11-21-13-18;3-2(4,5)1(6)7/h12,14,16-18,21H,4-11,13H2,1-3H3,(H,23,25);(H,6,7). The van der Waals surface area contributed by atoms with E-state index in [-0.39, 0.29) is 5.91 Å². The highest BCUT2D eigenvalue weighted by Gasteiger charge is 2.38. The van der Waals surface area contributed by atoms with Crippen LogP contribution < -0.4 is 10.6 Å². The predicted octanol–water partition coefficient (Wildman–Crippen LogP) is 4.17. The lowest BCUT2D eigenvalue weighted by Crippen LogP contribution is -2.34. The first-order valence-corrected chi connectivity index (χ1v) is 11.2. The van der Waals surface area contributed by atoms with Gasteiger partial charge in [-0.15, -0.1) is 0 Å². The van der Waals surface area contributed by atoms with Crippen LogP contribution in [0.15, 0.2) is 12.4 Å². The van der Waals surface area contributed by atoms with Gasteiger partial charge in [0.15, 0.2) is 0 Å². The van der Waals surface area contributed by atoms with Crippen LogP contribution in [0.2, 0.25) is 0 Å². The summed E-state index contributed by atoms with van der Waals surface area (Å²) in [6, 6.07) is 0.681. The number of hydrogen-bond donors (Lipinski definition) is 3. The van der Waals surface area contributed by atoms with Gasteiger partial charge in [0, 0.05) is 18.8 Å². The van der Waals surface area contributed by atoms with Crippen molar-refractivity contribution in [2.75, 3.05) is 13.1 Å². The van der Waals surface area contributed by atoms with Crippen molar-refractivity contribution in [2.45, 2.75) is 84.0 Å². The molecule has 182 valence electrons. The number of halogens is 3. The van der Waals surface area contributed by atoms with Gasteiger partial charge in [0.25, 0.3) is 5.91 Å². The third kappa shape index (κ3) is 8.11. The van der Waals surface area contributed by atoms with Gasteiger partial charge in [-0.3, -0.25) is 9.48 Å². The molecule has 0 aromatic carbocycles. The molecule has 3 rings (SSSR count). The minimum absolute atomic E-state index is 0.0363. The first-order chi connectivity index (χ1) is 14.9. The molecular formula is C22H35F3N4O3. The third-order valence-electron chi connectivity index (χ3n) is 6.28. The van der Waals surface area contributed by atoms with Crippen molar-refractivity contribution in [3.63, 3.8) is 0 Å². The van der Waals surface area contributed by atoms with Crippen molar-refractivity contribution >= 4 is 11.9 Å². The Hall–Kier alpha value is -2.10. The second-order valence-electron chi connectivity index (χ2n) is 9.75. The van der Waals surface area contributed by atoms with E-state index >= 15 is 0 Å². The number of hydrogen-bond acceptors (Lipinski definition) is 4. The van der Waals surface area contributed by atoms with E-state index in [2.05, 4.69) is 36.5 Å². The van der Waals surface area contributed by atoms with Crippen molar-refractivity contribution in [3.05, 3.63) is 18.0 Å². The molecular weight excluding hydrogens is 425 g/mol. The lowest BCUT2D eigenvalue weighted by molar-refractivity contribution is -0.192. The van der Waals surface area contributed by atoms with Crippen LogP contribution in [0.5, 0.6) is 0 Å². The van der Waals surface area contributed by atoms with Crippen molar-refractivity contribution in [1.82, 2.24) is 20.4 Å². The number of carbonyl (C=O) groups is 2. The maximum absolute atomic E-state index is 12.6. The zero-order chi connectivity index (χ0) is 23.9. The molecule has 1 saturated heterocycles. The number of alkyl halides is 3. The van der Waals surface area contributed by atoms with Crippen molar-refractivity contribution in [1.29, 1.82) is 0 Å². The summed E-state index contributed by atoms with van der Waals surface area (Å²) in [5.74, 6) is -1.96. The van der Waals surface area contributed by atoms with Gasteiger partial charge in [-0.2, -0.15) is 18.3 Å². The number of aromatic nitrogens is 2. The van der Waals surface area contributed by atoms with E-state index in [4.69, 9.17) is 9.90 Å². The molecule has 1 amide bonds. The highest BCUT2D eigenvalue weighted by molar-refractivity contribution is 5.93. The quantitative estimate of drug-likeness (QED) is 0.589. The fourth-order valence-electron chi connectivity index (χ4n) is 4.29. The number of rotatable bonds is 3. The van der Waals surface area contributed by atoms with Crippen molar-refractivity contribution < 1.29 is 27.9 Å². The maximum atomic E-state index is 12.6. The maximum Gasteiger partial charge on any atom is 0.490 e. The average molecular weight is 461 g/mol. The van der Waals surface area contributed by atoms with Gasteiger partial charge in [0.2, 0.25) is 0 Å². The van der Waals surface area contributed by atoms with Crippen LogP contribution in [-0.2, 0) is 4.79 Å². The second kappa shape index (κ2) is 11.2. The fourth-order valence-corrected chi connectivity index (χ4v) is 4.29. The highest BCUT2D eigenvalue weighted by Crippen LogP contribution is 2.36. The normalized spacial score (nSPS) is 24.6. The molecule has 2 aliphatic rings. The molecule has 1 aliphatic carbocycles. The second-order valence-corrected chi connectivity index (χ2v) is 9.75. The summed E-state index contributed by atoms with van der Waals surface area (Å²) >= 11 is 0. The Bertz CT molecular complexity index is 752. The van der Waals surface area contributed by atoms with E-state index in [1.165, 1.54) is 25.7 Å². The Morgan fingerprint density at radius 1 is 1.12 bits per heavy atom. The summed E-state index contributed by atoms with van der Waals surface area (Å²) in [5, 5.41) is 18.2. The number of carboxylic acid groups (broad SMARTS) is 1. The minimum Gasteiger partial charge on any atom is -0.475 e. The third-order valence-corrected chi connectivity index (χ3v) is 6.28. The largest absolute Gasteiger partial charge is 0.490 e. The van der Waals surface area contributed by atoms with Gasteiger partial charge < -0.3 is 15.7 Å². The molecule has 2 heterocycles. The highest BCUT2D eigenvalue weighted by atomic mass is 19.4. The Morgan fingerprint density at radius 2 is 1.81 bits per heavy atom. The molecule has 0 bridgehead atoms. The summed E-state index contributed by atoms with van der Waals surface area (Å²) in [5.41, 5.74) is 1.07. The molecule has 1 aromatic heterocycles. The molecule has 3 atom stereocenters. The molecule has 1 aliphatic heterocycles. The average Bonchev–Trinajstić information content (AvgIpc) is 3.08. The van der Waals surface area contributed by atoms with Crippen LogP contribution in [0.3, 0.4) is 0 Å². The van der Waals surface area contributed by atoms with Crippen LogP contribution in [0.1, 0.15) is 82.1 Å². The van der Waals surface area contributed by atoms with Crippen molar-refractivity contribution in [2.24, 2.45) is 11.3 Å². The molecule has 1 aromatic rings. The van der Waals surface area contributed by atoms with Gasteiger partial charge in [0.05, 0.1) is 17.8 Å². The number of amides is 1. The smallest absolute Gasteiger partial charge is 0.475 e. The van der Waals surface area contributed by atoms with Crippen LogP contribution in [0.4, 0.5) is 13.2 Å². The molecule has 10 heteroatoms. The Balaban J connectivity index is 0.000000451. The van der Waals surface area contributed by atoms with E-state index in [0.717, 1.165) is 38.3 Å². The number of piperidine rings is 1. The molecule has 3 unspecified atom stereocenters. The Morgan fingerprint density at radius 3 is 2.38 bits per heavy atom. The monoisotopic (exact) mass is 460 g/mol. The van der Waals surface area contributed by atoms with Crippen LogP contribution >= 0.6 is 0 Å². The minimum atomic E-state index is -5.08. The van der Waals surface area contributed by atoms with E-state index in [0.29, 0.717) is 23.1 Å². The summed E-state index contributed by atoms with van der Waals surface area (Å²) in [6.45, 7) is 9.04. The Labute approximate surface area is 187 Å². The van der Waals surface area contributed by atoms with E-state index in [1.54, 1.807) is 6.20 Å². The molecule has 7 nitrogen and oxygen atoms in total. The summed E-state index contributed by atoms with van der Waals surface area (Å²) in [6.07, 6.45) is 6.74. The van der Waals surface area contributed by atoms with Crippen LogP contribution in [0.25, 0.3) is 0 Å². The number of aliphatic carboxylic acids is 1. The topological polar surface area (TPSA) is 96.3 Å². The van der Waals surface area contributed by atoms with Gasteiger partial charge in [0.1, 0.15) is 0 Å². The fraction of sp³-hybridized carbons (Fsp3) is 0.773. The van der Waals surface area contributed by atoms with Gasteiger partial charge in [-0.05, 0) is 56.4 Å². The first-order valence-electron chi connectivity index (χ1n) is 11.2. The van der Waals surface area contributed by atoms with Crippen LogP contribution in [0, 0.1) is 11.3 Å². The summed E-state index contributed by atoms with van der Waals surface area (Å²) < 4.78 is 33.7. The molecule has 32 heavy (non-hydrogen) atoms. The van der Waals surface area contributed by atoms with E-state index < -0.39 is 12.1 Å². The van der Waals surface area contributed by atoms with E-state index in [1.807, 2.05) is 10.9 Å². The first kappa shape index (κ1) is 26.2. The zero-order valence-corrected chi connectivity index (χ0v) is 19.0. The predicted molar refractivity (Wildman–Crippen MR) is 114 cm³/mol.